The molecule has 0 saturated carbocycles. The predicted octanol–water partition coefficient (Wildman–Crippen LogP) is 3.67. The lowest BCUT2D eigenvalue weighted by atomic mass is 9.60. The summed E-state index contributed by atoms with van der Waals surface area (Å²) < 4.78 is 11.8. The van der Waals surface area contributed by atoms with Crippen LogP contribution < -0.4 is 0 Å². The fraction of sp³-hybridized carbons (Fsp3) is 0.611. The minimum Gasteiger partial charge on any atom is -0.463 e. The van der Waals surface area contributed by atoms with Crippen molar-refractivity contribution < 1.29 is 14.3 Å². The van der Waals surface area contributed by atoms with Gasteiger partial charge in [0.1, 0.15) is 0 Å². The van der Waals surface area contributed by atoms with Gasteiger partial charge in [0.05, 0.1) is 12.7 Å². The van der Waals surface area contributed by atoms with Gasteiger partial charge in [0, 0.05) is 5.41 Å². The van der Waals surface area contributed by atoms with Crippen molar-refractivity contribution in [1.29, 1.82) is 0 Å². The number of fused-ring (bicyclic) bond motifs is 6. The van der Waals surface area contributed by atoms with Crippen LogP contribution >= 0.6 is 0 Å². The normalized spacial score (nSPS) is 35.5. The van der Waals surface area contributed by atoms with Crippen molar-refractivity contribution >= 4 is 5.97 Å². The van der Waals surface area contributed by atoms with Gasteiger partial charge < -0.3 is 9.47 Å². The van der Waals surface area contributed by atoms with Crippen molar-refractivity contribution in [3.05, 3.63) is 35.9 Å². The van der Waals surface area contributed by atoms with Crippen LogP contribution in [0, 0.1) is 11.3 Å². The Morgan fingerprint density at radius 3 is 2.48 bits per heavy atom. The first-order chi connectivity index (χ1) is 9.98. The van der Waals surface area contributed by atoms with Crippen LogP contribution in [0.25, 0.3) is 0 Å². The first-order valence-electron chi connectivity index (χ1n) is 7.89. The third-order valence-corrected chi connectivity index (χ3v) is 5.26. The number of benzene rings is 1. The molecule has 3 aliphatic heterocycles. The van der Waals surface area contributed by atoms with Gasteiger partial charge in [0.2, 0.25) is 0 Å². The summed E-state index contributed by atoms with van der Waals surface area (Å²) in [5.74, 6) is 0.339. The molecule has 114 valence electrons. The number of hydrogen-bond donors (Lipinski definition) is 0. The molecule has 0 aromatic heterocycles. The zero-order chi connectivity index (χ0) is 15.1. The zero-order valence-corrected chi connectivity index (χ0v) is 13.1. The lowest BCUT2D eigenvalue weighted by molar-refractivity contribution is -0.313. The molecule has 0 amide bonds. The molecule has 0 N–H and O–H groups in total. The van der Waals surface area contributed by atoms with Crippen molar-refractivity contribution in [3.63, 3.8) is 0 Å². The molecule has 0 radical (unpaired) electrons. The van der Waals surface area contributed by atoms with Crippen LogP contribution in [0.2, 0.25) is 0 Å². The summed E-state index contributed by atoms with van der Waals surface area (Å²) in [4.78, 5) is 12.8. The quantitative estimate of drug-likeness (QED) is 0.740. The Kier molecular flexibility index (Phi) is 3.56. The standard InChI is InChI=1S/C18H24O3/c1-13-9-10-15-17(2,3)18(21-15,16(19)20-12-11-13)14-7-5-4-6-8-14/h4-8,13,15H,9-12H2,1-3H3/t13-,15+,18+/m1/s1. The summed E-state index contributed by atoms with van der Waals surface area (Å²) >= 11 is 0. The summed E-state index contributed by atoms with van der Waals surface area (Å²) in [5.41, 5.74) is -0.285. The number of carbonyl (C=O) groups is 1. The van der Waals surface area contributed by atoms with Crippen LogP contribution in [0.3, 0.4) is 0 Å². The van der Waals surface area contributed by atoms with Gasteiger partial charge in [0.15, 0.2) is 5.60 Å². The molecule has 2 bridgehead atoms. The number of esters is 1. The van der Waals surface area contributed by atoms with E-state index in [-0.39, 0.29) is 17.5 Å². The van der Waals surface area contributed by atoms with Gasteiger partial charge in [-0.2, -0.15) is 0 Å². The maximum Gasteiger partial charge on any atom is 0.343 e. The monoisotopic (exact) mass is 288 g/mol. The highest BCUT2D eigenvalue weighted by molar-refractivity contribution is 5.84. The van der Waals surface area contributed by atoms with E-state index in [1.165, 1.54) is 0 Å². The second kappa shape index (κ2) is 5.13. The Bertz CT molecular complexity index is 523. The van der Waals surface area contributed by atoms with E-state index in [1.807, 2.05) is 30.3 Å². The summed E-state index contributed by atoms with van der Waals surface area (Å²) in [5, 5.41) is 0. The van der Waals surface area contributed by atoms with E-state index in [2.05, 4.69) is 20.8 Å². The SMILES string of the molecule is C[C@H]1CCOC(=O)[C@]2(c3ccccc3)O[C@@H](CC1)C2(C)C. The maximum atomic E-state index is 12.8. The average molecular weight is 288 g/mol. The molecule has 0 aliphatic carbocycles. The molecule has 21 heavy (non-hydrogen) atoms. The molecule has 1 aromatic rings. The first kappa shape index (κ1) is 14.6. The van der Waals surface area contributed by atoms with Gasteiger partial charge in [-0.3, -0.25) is 0 Å². The molecule has 1 aromatic carbocycles. The van der Waals surface area contributed by atoms with E-state index in [1.54, 1.807) is 0 Å². The van der Waals surface area contributed by atoms with Crippen LogP contribution in [0.4, 0.5) is 0 Å². The van der Waals surface area contributed by atoms with Crippen molar-refractivity contribution in [2.75, 3.05) is 6.61 Å². The highest BCUT2D eigenvalue weighted by Crippen LogP contribution is 2.58. The van der Waals surface area contributed by atoms with E-state index in [9.17, 15) is 4.79 Å². The van der Waals surface area contributed by atoms with Crippen molar-refractivity contribution in [1.82, 2.24) is 0 Å². The van der Waals surface area contributed by atoms with Gasteiger partial charge in [-0.05, 0) is 30.7 Å². The second-order valence-electron chi connectivity index (χ2n) is 6.98. The molecule has 3 heterocycles. The molecule has 0 unspecified atom stereocenters. The van der Waals surface area contributed by atoms with E-state index in [0.29, 0.717) is 12.5 Å². The van der Waals surface area contributed by atoms with Gasteiger partial charge in [-0.1, -0.05) is 51.1 Å². The fourth-order valence-electron chi connectivity index (χ4n) is 3.68. The summed E-state index contributed by atoms with van der Waals surface area (Å²) in [6, 6.07) is 9.79. The number of rotatable bonds is 1. The van der Waals surface area contributed by atoms with Crippen LogP contribution in [0.5, 0.6) is 0 Å². The van der Waals surface area contributed by atoms with Crippen molar-refractivity contribution in [2.45, 2.75) is 51.7 Å². The number of hydrogen-bond acceptors (Lipinski definition) is 3. The first-order valence-corrected chi connectivity index (χ1v) is 7.89. The predicted molar refractivity (Wildman–Crippen MR) is 80.7 cm³/mol. The summed E-state index contributed by atoms with van der Waals surface area (Å²) in [6.07, 6.45) is 3.18. The third-order valence-electron chi connectivity index (χ3n) is 5.26. The Morgan fingerprint density at radius 2 is 1.81 bits per heavy atom. The maximum absolute atomic E-state index is 12.8. The van der Waals surface area contributed by atoms with E-state index < -0.39 is 5.60 Å². The Hall–Kier alpha value is -1.35. The van der Waals surface area contributed by atoms with E-state index in [0.717, 1.165) is 24.8 Å². The molecular formula is C18H24O3. The molecular weight excluding hydrogens is 264 g/mol. The minimum absolute atomic E-state index is 0.116. The summed E-state index contributed by atoms with van der Waals surface area (Å²) in [6.45, 7) is 6.95. The molecule has 3 fully saturated rings. The Morgan fingerprint density at radius 1 is 1.10 bits per heavy atom. The van der Waals surface area contributed by atoms with Gasteiger partial charge in [-0.25, -0.2) is 4.79 Å². The fourth-order valence-corrected chi connectivity index (χ4v) is 3.68. The average Bonchev–Trinajstić information content (AvgIpc) is 2.47. The van der Waals surface area contributed by atoms with Crippen LogP contribution in [-0.4, -0.2) is 18.7 Å². The highest BCUT2D eigenvalue weighted by Gasteiger charge is 2.67. The van der Waals surface area contributed by atoms with Crippen LogP contribution in [0.15, 0.2) is 30.3 Å². The molecule has 0 spiro atoms. The van der Waals surface area contributed by atoms with Crippen molar-refractivity contribution in [3.8, 4) is 0 Å². The van der Waals surface area contributed by atoms with E-state index in [4.69, 9.17) is 9.47 Å². The second-order valence-corrected chi connectivity index (χ2v) is 6.98. The highest BCUT2D eigenvalue weighted by atomic mass is 16.6. The largest absolute Gasteiger partial charge is 0.463 e. The lowest BCUT2D eigenvalue weighted by Gasteiger charge is -2.59. The van der Waals surface area contributed by atoms with Gasteiger partial charge in [0.25, 0.3) is 0 Å². The Balaban J connectivity index is 1.99. The topological polar surface area (TPSA) is 35.5 Å². The van der Waals surface area contributed by atoms with E-state index >= 15 is 0 Å². The third kappa shape index (κ3) is 2.10. The number of carbonyl (C=O) groups excluding carboxylic acids is 1. The smallest absolute Gasteiger partial charge is 0.343 e. The summed E-state index contributed by atoms with van der Waals surface area (Å²) in [7, 11) is 0. The molecule has 3 nitrogen and oxygen atoms in total. The van der Waals surface area contributed by atoms with Gasteiger partial charge in [-0.15, -0.1) is 0 Å². The van der Waals surface area contributed by atoms with Gasteiger partial charge >= 0.3 is 5.97 Å². The van der Waals surface area contributed by atoms with Crippen LogP contribution in [0.1, 0.15) is 45.6 Å². The zero-order valence-electron chi connectivity index (χ0n) is 13.1. The Labute approximate surface area is 126 Å². The molecule has 3 atom stereocenters. The molecule has 3 saturated heterocycles. The molecule has 3 heteroatoms. The molecule has 4 rings (SSSR count). The number of ether oxygens (including phenoxy) is 2. The minimum atomic E-state index is -0.945. The van der Waals surface area contributed by atoms with Crippen LogP contribution in [-0.2, 0) is 19.9 Å². The lowest BCUT2D eigenvalue weighted by Crippen LogP contribution is -2.68. The molecule has 3 aliphatic rings. The van der Waals surface area contributed by atoms with Crippen molar-refractivity contribution in [2.24, 2.45) is 11.3 Å².